The van der Waals surface area contributed by atoms with Crippen molar-refractivity contribution in [2.45, 2.75) is 17.8 Å². The van der Waals surface area contributed by atoms with Crippen molar-refractivity contribution in [1.29, 1.82) is 0 Å². The molecule has 1 aromatic carbocycles. The van der Waals surface area contributed by atoms with Gasteiger partial charge < -0.3 is 14.5 Å². The zero-order valence-electron chi connectivity index (χ0n) is 20.2. The van der Waals surface area contributed by atoms with E-state index in [0.717, 1.165) is 54.7 Å². The second-order valence-corrected chi connectivity index (χ2v) is 10.1. The Bertz CT molecular complexity index is 1320. The van der Waals surface area contributed by atoms with Gasteiger partial charge in [0.2, 0.25) is 0 Å². The Morgan fingerprint density at radius 2 is 1.94 bits per heavy atom. The van der Waals surface area contributed by atoms with Crippen molar-refractivity contribution in [1.82, 2.24) is 34.5 Å². The van der Waals surface area contributed by atoms with Gasteiger partial charge in [0.1, 0.15) is 16.5 Å². The molecule has 0 spiro atoms. The van der Waals surface area contributed by atoms with Crippen LogP contribution in [0.2, 0.25) is 0 Å². The molecule has 0 aliphatic carbocycles. The van der Waals surface area contributed by atoms with Crippen LogP contribution in [-0.2, 0) is 5.75 Å². The van der Waals surface area contributed by atoms with Gasteiger partial charge >= 0.3 is 0 Å². The monoisotopic (exact) mass is 521 g/mol. The second kappa shape index (κ2) is 11.2. The zero-order chi connectivity index (χ0) is 24.9. The van der Waals surface area contributed by atoms with Gasteiger partial charge in [-0.25, -0.2) is 4.98 Å². The van der Waals surface area contributed by atoms with Crippen LogP contribution in [0.15, 0.2) is 59.3 Å². The van der Waals surface area contributed by atoms with Gasteiger partial charge in [0, 0.05) is 49.5 Å². The molecular formula is C25H27N7O2S2. The van der Waals surface area contributed by atoms with E-state index < -0.39 is 0 Å². The van der Waals surface area contributed by atoms with E-state index in [1.807, 2.05) is 51.2 Å². The molecule has 0 unspecified atom stereocenters. The Kier molecular flexibility index (Phi) is 7.59. The van der Waals surface area contributed by atoms with Crippen LogP contribution in [0.1, 0.15) is 22.4 Å². The maximum atomic E-state index is 13.0. The van der Waals surface area contributed by atoms with Gasteiger partial charge in [0.05, 0.1) is 18.6 Å². The van der Waals surface area contributed by atoms with Crippen LogP contribution in [0.4, 0.5) is 0 Å². The minimum atomic E-state index is 0.00862. The molecule has 11 heteroatoms. The van der Waals surface area contributed by atoms with Crippen LogP contribution in [0, 0.1) is 0 Å². The van der Waals surface area contributed by atoms with Crippen molar-refractivity contribution < 1.29 is 9.53 Å². The average molecular weight is 522 g/mol. The van der Waals surface area contributed by atoms with Crippen molar-refractivity contribution in [2.75, 3.05) is 39.8 Å². The molecule has 36 heavy (non-hydrogen) atoms. The topological polar surface area (TPSA) is 89.3 Å². The van der Waals surface area contributed by atoms with E-state index in [0.29, 0.717) is 22.4 Å². The first-order chi connectivity index (χ1) is 17.7. The van der Waals surface area contributed by atoms with Crippen LogP contribution in [0.5, 0.6) is 5.75 Å². The fourth-order valence-corrected chi connectivity index (χ4v) is 5.84. The molecule has 1 fully saturated rings. The van der Waals surface area contributed by atoms with Crippen LogP contribution in [0.25, 0.3) is 17.1 Å². The molecular weight excluding hydrogens is 494 g/mol. The van der Waals surface area contributed by atoms with E-state index in [4.69, 9.17) is 4.74 Å². The molecule has 5 rings (SSSR count). The summed E-state index contributed by atoms with van der Waals surface area (Å²) in [5.74, 6) is 1.97. The molecule has 1 saturated heterocycles. The second-order valence-electron chi connectivity index (χ2n) is 8.20. The number of nitrogens with zero attached hydrogens (tertiary/aromatic N) is 7. The fraction of sp³-hybridized carbons (Fsp3) is 0.320. The predicted octanol–water partition coefficient (Wildman–Crippen LogP) is 3.86. The number of pyridine rings is 1. The van der Waals surface area contributed by atoms with Gasteiger partial charge in [-0.05, 0) is 30.8 Å². The number of methoxy groups -OCH3 is 1. The Morgan fingerprint density at radius 1 is 1.11 bits per heavy atom. The molecule has 0 saturated carbocycles. The van der Waals surface area contributed by atoms with Gasteiger partial charge in [0.25, 0.3) is 5.91 Å². The minimum Gasteiger partial charge on any atom is -0.495 e. The molecule has 4 heterocycles. The highest BCUT2D eigenvalue weighted by molar-refractivity contribution is 7.98. The summed E-state index contributed by atoms with van der Waals surface area (Å²) in [7, 11) is 1.65. The van der Waals surface area contributed by atoms with Crippen molar-refractivity contribution in [2.24, 2.45) is 0 Å². The Balaban J connectivity index is 1.36. The molecule has 0 atom stereocenters. The number of para-hydroxylation sites is 2. The standard InChI is InChI=1S/C25H27N7O2S2/c1-3-30-11-13-31(14-12-30)24(33)19-16-35-22(27-19)17-36-25-29-28-23(18-7-6-10-26-15-18)32(25)20-8-4-5-9-21(20)34-2/h4-10,15-16H,3,11-14,17H2,1-2H3. The lowest BCUT2D eigenvalue weighted by Gasteiger charge is -2.33. The zero-order valence-corrected chi connectivity index (χ0v) is 21.8. The summed E-state index contributed by atoms with van der Waals surface area (Å²) in [6, 6.07) is 11.6. The molecule has 9 nitrogen and oxygen atoms in total. The van der Waals surface area contributed by atoms with Gasteiger partial charge in [-0.2, -0.15) is 0 Å². The summed E-state index contributed by atoms with van der Waals surface area (Å²) in [6.45, 7) is 6.47. The van der Waals surface area contributed by atoms with Crippen LogP contribution >= 0.6 is 23.1 Å². The Labute approximate surface area is 218 Å². The SMILES string of the molecule is CCN1CCN(C(=O)c2csc(CSc3nnc(-c4cccnc4)n3-c3ccccc3OC)n2)CC1. The number of amides is 1. The largest absolute Gasteiger partial charge is 0.495 e. The molecule has 0 bridgehead atoms. The maximum Gasteiger partial charge on any atom is 0.273 e. The van der Waals surface area contributed by atoms with Crippen molar-refractivity contribution >= 4 is 29.0 Å². The first kappa shape index (κ1) is 24.4. The molecule has 4 aromatic rings. The summed E-state index contributed by atoms with van der Waals surface area (Å²) in [6.07, 6.45) is 3.50. The third-order valence-corrected chi connectivity index (χ3v) is 8.05. The number of carbonyl (C=O) groups is 1. The van der Waals surface area contributed by atoms with Crippen molar-refractivity contribution in [3.8, 4) is 22.8 Å². The molecule has 1 aliphatic rings. The van der Waals surface area contributed by atoms with Crippen LogP contribution in [-0.4, -0.2) is 80.3 Å². The van der Waals surface area contributed by atoms with E-state index in [-0.39, 0.29) is 5.91 Å². The third kappa shape index (κ3) is 5.13. The molecule has 0 radical (unpaired) electrons. The highest BCUT2D eigenvalue weighted by Crippen LogP contribution is 2.33. The maximum absolute atomic E-state index is 13.0. The summed E-state index contributed by atoms with van der Waals surface area (Å²) >= 11 is 3.02. The third-order valence-electron chi connectivity index (χ3n) is 6.08. The van der Waals surface area contributed by atoms with Crippen LogP contribution in [0.3, 0.4) is 0 Å². The number of carbonyl (C=O) groups excluding carboxylic acids is 1. The average Bonchev–Trinajstić information content (AvgIpc) is 3.59. The van der Waals surface area contributed by atoms with E-state index >= 15 is 0 Å². The van der Waals surface area contributed by atoms with Gasteiger partial charge in [-0.15, -0.1) is 21.5 Å². The molecule has 1 aliphatic heterocycles. The Hall–Kier alpha value is -3.28. The van der Waals surface area contributed by atoms with E-state index in [1.165, 1.54) is 23.1 Å². The number of hydrogen-bond donors (Lipinski definition) is 0. The van der Waals surface area contributed by atoms with Crippen molar-refractivity contribution in [3.05, 3.63) is 64.9 Å². The molecule has 1 amide bonds. The van der Waals surface area contributed by atoms with E-state index in [1.54, 1.807) is 19.5 Å². The van der Waals surface area contributed by atoms with Gasteiger partial charge in [0.15, 0.2) is 11.0 Å². The number of thiazole rings is 1. The van der Waals surface area contributed by atoms with Gasteiger partial charge in [-0.1, -0.05) is 30.8 Å². The summed E-state index contributed by atoms with van der Waals surface area (Å²) < 4.78 is 7.60. The highest BCUT2D eigenvalue weighted by Gasteiger charge is 2.24. The van der Waals surface area contributed by atoms with E-state index in [2.05, 4.69) is 32.0 Å². The molecule has 186 valence electrons. The number of aromatic nitrogens is 5. The normalized spacial score (nSPS) is 14.2. The fourth-order valence-electron chi connectivity index (χ4n) is 4.11. The smallest absolute Gasteiger partial charge is 0.273 e. The lowest BCUT2D eigenvalue weighted by molar-refractivity contribution is 0.0638. The first-order valence-corrected chi connectivity index (χ1v) is 13.6. The number of likely N-dealkylation sites (N-methyl/N-ethyl adjacent to an activating group) is 1. The number of hydrogen-bond acceptors (Lipinski definition) is 9. The lowest BCUT2D eigenvalue weighted by Crippen LogP contribution is -2.48. The summed E-state index contributed by atoms with van der Waals surface area (Å²) in [5, 5.41) is 12.4. The summed E-state index contributed by atoms with van der Waals surface area (Å²) in [5.41, 5.74) is 2.21. The Morgan fingerprint density at radius 3 is 2.69 bits per heavy atom. The molecule has 0 N–H and O–H groups in total. The van der Waals surface area contributed by atoms with E-state index in [9.17, 15) is 4.79 Å². The quantitative estimate of drug-likeness (QED) is 0.323. The number of benzene rings is 1. The highest BCUT2D eigenvalue weighted by atomic mass is 32.2. The predicted molar refractivity (Wildman–Crippen MR) is 141 cm³/mol. The first-order valence-electron chi connectivity index (χ1n) is 11.8. The van der Waals surface area contributed by atoms with Gasteiger partial charge in [-0.3, -0.25) is 14.3 Å². The number of rotatable bonds is 8. The summed E-state index contributed by atoms with van der Waals surface area (Å²) in [4.78, 5) is 26.1. The number of ether oxygens (including phenoxy) is 1. The minimum absolute atomic E-state index is 0.00862. The molecule has 3 aromatic heterocycles. The number of thioether (sulfide) groups is 1. The lowest BCUT2D eigenvalue weighted by atomic mass is 10.2. The number of piperazine rings is 1. The van der Waals surface area contributed by atoms with Crippen LogP contribution < -0.4 is 4.74 Å². The van der Waals surface area contributed by atoms with Crippen molar-refractivity contribution in [3.63, 3.8) is 0 Å².